The standard InChI is InChI=1S/C4H6N2O3/c7-4(8)3-1-2-6(3)5-9/h3H,1-2H2,(H,7,8)/p-1. The van der Waals surface area contributed by atoms with Gasteiger partial charge < -0.3 is 9.90 Å². The Labute approximate surface area is 51.2 Å². The van der Waals surface area contributed by atoms with Crippen LogP contribution in [0.4, 0.5) is 0 Å². The van der Waals surface area contributed by atoms with Gasteiger partial charge in [0.1, 0.15) is 0 Å². The summed E-state index contributed by atoms with van der Waals surface area (Å²) in [4.78, 5) is 19.7. The second-order valence-corrected chi connectivity index (χ2v) is 1.87. The fourth-order valence-corrected chi connectivity index (χ4v) is 0.711. The number of nitrogens with zero attached hydrogens (tertiary/aromatic N) is 2. The van der Waals surface area contributed by atoms with Crippen molar-refractivity contribution in [2.24, 2.45) is 5.29 Å². The molecule has 0 spiro atoms. The summed E-state index contributed by atoms with van der Waals surface area (Å²) in [6.45, 7) is 0.433. The summed E-state index contributed by atoms with van der Waals surface area (Å²) in [5.74, 6) is -1.22. The number of hydrogen-bond acceptors (Lipinski definition) is 4. The molecule has 0 aromatic carbocycles. The van der Waals surface area contributed by atoms with E-state index in [0.29, 0.717) is 13.0 Å². The smallest absolute Gasteiger partial charge is 0.0913 e. The highest BCUT2D eigenvalue weighted by Gasteiger charge is 2.28. The van der Waals surface area contributed by atoms with Gasteiger partial charge in [-0.05, 0) is 6.42 Å². The molecule has 1 aliphatic heterocycles. The molecule has 5 nitrogen and oxygen atoms in total. The molecule has 1 unspecified atom stereocenters. The second-order valence-electron chi connectivity index (χ2n) is 1.87. The number of aliphatic carboxylic acids is 1. The number of nitroso groups, excluding NO2 is 1. The van der Waals surface area contributed by atoms with Gasteiger partial charge in [-0.1, -0.05) is 0 Å². The summed E-state index contributed by atoms with van der Waals surface area (Å²) < 4.78 is 0. The quantitative estimate of drug-likeness (QED) is 0.425. The highest BCUT2D eigenvalue weighted by atomic mass is 16.4. The zero-order valence-electron chi connectivity index (χ0n) is 4.61. The van der Waals surface area contributed by atoms with Crippen LogP contribution in [0.15, 0.2) is 5.29 Å². The van der Waals surface area contributed by atoms with E-state index in [4.69, 9.17) is 0 Å². The Morgan fingerprint density at radius 2 is 2.44 bits per heavy atom. The van der Waals surface area contributed by atoms with Gasteiger partial charge in [0, 0.05) is 6.54 Å². The molecule has 0 bridgehead atoms. The van der Waals surface area contributed by atoms with E-state index < -0.39 is 12.0 Å². The van der Waals surface area contributed by atoms with Crippen LogP contribution in [0.1, 0.15) is 6.42 Å². The molecule has 5 heteroatoms. The van der Waals surface area contributed by atoms with Crippen molar-refractivity contribution in [1.82, 2.24) is 5.01 Å². The van der Waals surface area contributed by atoms with Gasteiger partial charge in [-0.3, -0.25) is 5.01 Å². The molecule has 1 saturated heterocycles. The van der Waals surface area contributed by atoms with Crippen molar-refractivity contribution in [3.8, 4) is 0 Å². The van der Waals surface area contributed by atoms with Crippen LogP contribution >= 0.6 is 0 Å². The number of carbonyl (C=O) groups excluding carboxylic acids is 1. The maximum Gasteiger partial charge on any atom is 0.0913 e. The lowest BCUT2D eigenvalue weighted by Gasteiger charge is -2.35. The van der Waals surface area contributed by atoms with Crippen LogP contribution in [-0.4, -0.2) is 23.6 Å². The average Bonchev–Trinajstić information content (AvgIpc) is 1.61. The lowest BCUT2D eigenvalue weighted by molar-refractivity contribution is -0.315. The molecule has 9 heavy (non-hydrogen) atoms. The molecule has 1 fully saturated rings. The zero-order valence-corrected chi connectivity index (χ0v) is 4.61. The third-order valence-corrected chi connectivity index (χ3v) is 1.37. The van der Waals surface area contributed by atoms with Crippen molar-refractivity contribution in [2.75, 3.05) is 6.54 Å². The molecule has 1 heterocycles. The van der Waals surface area contributed by atoms with E-state index >= 15 is 0 Å². The second kappa shape index (κ2) is 2.00. The van der Waals surface area contributed by atoms with Crippen molar-refractivity contribution in [1.29, 1.82) is 0 Å². The van der Waals surface area contributed by atoms with Crippen molar-refractivity contribution in [2.45, 2.75) is 12.5 Å². The van der Waals surface area contributed by atoms with Gasteiger partial charge in [0.25, 0.3) is 0 Å². The van der Waals surface area contributed by atoms with Crippen LogP contribution in [0, 0.1) is 4.91 Å². The lowest BCUT2D eigenvalue weighted by atomic mass is 10.1. The molecule has 1 rings (SSSR count). The molecule has 50 valence electrons. The molecule has 1 atom stereocenters. The molecule has 0 N–H and O–H groups in total. The maximum atomic E-state index is 10.00. The van der Waals surface area contributed by atoms with Gasteiger partial charge in [-0.15, -0.1) is 4.91 Å². The number of rotatable bonds is 2. The third-order valence-electron chi connectivity index (χ3n) is 1.37. The van der Waals surface area contributed by atoms with E-state index in [2.05, 4.69) is 5.29 Å². The van der Waals surface area contributed by atoms with Crippen molar-refractivity contribution >= 4 is 5.97 Å². The van der Waals surface area contributed by atoms with Crippen molar-refractivity contribution in [3.63, 3.8) is 0 Å². The van der Waals surface area contributed by atoms with Gasteiger partial charge in [-0.2, -0.15) is 0 Å². The summed E-state index contributed by atoms with van der Waals surface area (Å²) in [7, 11) is 0. The molecule has 1 aliphatic rings. The Kier molecular flexibility index (Phi) is 1.33. The molecular formula is C4H5N2O3-. The van der Waals surface area contributed by atoms with E-state index in [1.165, 1.54) is 0 Å². The van der Waals surface area contributed by atoms with Gasteiger partial charge in [0.05, 0.1) is 17.3 Å². The minimum atomic E-state index is -1.22. The fourth-order valence-electron chi connectivity index (χ4n) is 0.711. The Bertz CT molecular complexity index is 147. The first kappa shape index (κ1) is 6.00. The highest BCUT2D eigenvalue weighted by Crippen LogP contribution is 2.15. The fraction of sp³-hybridized carbons (Fsp3) is 0.750. The Balaban J connectivity index is 2.44. The predicted molar refractivity (Wildman–Crippen MR) is 25.9 cm³/mol. The van der Waals surface area contributed by atoms with Gasteiger partial charge in [0.15, 0.2) is 0 Å². The van der Waals surface area contributed by atoms with Crippen LogP contribution < -0.4 is 5.11 Å². The SMILES string of the molecule is O=NN1CCC1C(=O)[O-]. The number of carboxylic acid groups (broad SMARTS) is 1. The normalized spacial score (nSPS) is 24.9. The van der Waals surface area contributed by atoms with Crippen LogP contribution in [-0.2, 0) is 4.79 Å². The Morgan fingerprint density at radius 1 is 1.78 bits per heavy atom. The third kappa shape index (κ3) is 0.847. The van der Waals surface area contributed by atoms with Crippen LogP contribution in [0.5, 0.6) is 0 Å². The predicted octanol–water partition coefficient (Wildman–Crippen LogP) is -1.51. The summed E-state index contributed by atoms with van der Waals surface area (Å²) in [6.07, 6.45) is 0.466. The van der Waals surface area contributed by atoms with Gasteiger partial charge >= 0.3 is 0 Å². The molecule has 0 aromatic rings. The first-order valence-electron chi connectivity index (χ1n) is 2.56. The largest absolute Gasteiger partial charge is 0.548 e. The van der Waals surface area contributed by atoms with Gasteiger partial charge in [0.2, 0.25) is 0 Å². The van der Waals surface area contributed by atoms with Crippen molar-refractivity contribution in [3.05, 3.63) is 4.91 Å². The summed E-state index contributed by atoms with van der Waals surface area (Å²) in [6, 6.07) is -0.775. The van der Waals surface area contributed by atoms with Gasteiger partial charge in [-0.25, -0.2) is 0 Å². The van der Waals surface area contributed by atoms with E-state index in [-0.39, 0.29) is 0 Å². The molecule has 0 saturated carbocycles. The van der Waals surface area contributed by atoms with E-state index in [1.54, 1.807) is 0 Å². The van der Waals surface area contributed by atoms with Crippen LogP contribution in [0.2, 0.25) is 0 Å². The van der Waals surface area contributed by atoms with Crippen LogP contribution in [0.3, 0.4) is 0 Å². The van der Waals surface area contributed by atoms with E-state index in [1.807, 2.05) is 0 Å². The number of hydrogen-bond donors (Lipinski definition) is 0. The summed E-state index contributed by atoms with van der Waals surface area (Å²) in [5, 5.41) is 13.4. The van der Waals surface area contributed by atoms with E-state index in [9.17, 15) is 14.8 Å². The van der Waals surface area contributed by atoms with Crippen LogP contribution in [0.25, 0.3) is 0 Å². The topological polar surface area (TPSA) is 72.8 Å². The number of carboxylic acids is 1. The first-order valence-corrected chi connectivity index (χ1v) is 2.56. The summed E-state index contributed by atoms with van der Waals surface area (Å²) in [5.41, 5.74) is 0. The Hall–Kier alpha value is -1.13. The van der Waals surface area contributed by atoms with Crippen molar-refractivity contribution < 1.29 is 9.90 Å². The lowest BCUT2D eigenvalue weighted by Crippen LogP contribution is -2.54. The monoisotopic (exact) mass is 129 g/mol. The summed E-state index contributed by atoms with van der Waals surface area (Å²) >= 11 is 0. The molecule has 0 amide bonds. The molecule has 0 aliphatic carbocycles. The average molecular weight is 129 g/mol. The number of carbonyl (C=O) groups is 1. The minimum Gasteiger partial charge on any atom is -0.548 e. The maximum absolute atomic E-state index is 10.00. The minimum absolute atomic E-state index is 0.433. The van der Waals surface area contributed by atoms with E-state index in [0.717, 1.165) is 5.01 Å². The highest BCUT2D eigenvalue weighted by molar-refractivity contribution is 5.72. The molecular weight excluding hydrogens is 124 g/mol. The molecule has 0 aromatic heterocycles. The molecule has 0 radical (unpaired) electrons. The first-order chi connectivity index (χ1) is 4.25. The Morgan fingerprint density at radius 3 is 2.56 bits per heavy atom. The zero-order chi connectivity index (χ0) is 6.85.